The summed E-state index contributed by atoms with van der Waals surface area (Å²) in [6, 6.07) is 0. The molecule has 6 heteroatoms. The van der Waals surface area contributed by atoms with E-state index >= 15 is 0 Å². The Morgan fingerprint density at radius 1 is 1.31 bits per heavy atom. The van der Waals surface area contributed by atoms with Gasteiger partial charge in [-0.15, -0.1) is 0 Å². The molecule has 0 heterocycles. The molecule has 1 nitrogen and oxygen atoms in total. The molecule has 0 aromatic carbocycles. The Morgan fingerprint density at radius 3 is 2.31 bits per heavy atom. The van der Waals surface area contributed by atoms with Crippen molar-refractivity contribution in [2.75, 3.05) is 5.75 Å². The zero-order chi connectivity index (χ0) is 12.8. The van der Waals surface area contributed by atoms with Gasteiger partial charge in [-0.2, -0.15) is 0 Å². The number of thioether (sulfide) groups is 1. The maximum Gasteiger partial charge on any atom is 0.281 e. The van der Waals surface area contributed by atoms with Crippen LogP contribution in [0.2, 0.25) is 0 Å². The Kier molecular flexibility index (Phi) is 7.03. The largest absolute Gasteiger partial charge is 0.287 e. The molecule has 0 bridgehead atoms. The minimum atomic E-state index is -3.63. The predicted molar refractivity (Wildman–Crippen MR) is 57.4 cm³/mol. The highest BCUT2D eigenvalue weighted by atomic mass is 32.2. The lowest BCUT2D eigenvalue weighted by Gasteiger charge is -2.21. The van der Waals surface area contributed by atoms with E-state index < -0.39 is 24.7 Å². The van der Waals surface area contributed by atoms with Crippen molar-refractivity contribution in [3.05, 3.63) is 0 Å². The number of hydrogen-bond donors (Lipinski definition) is 0. The van der Waals surface area contributed by atoms with Crippen LogP contribution >= 0.6 is 11.8 Å². The van der Waals surface area contributed by atoms with E-state index in [1.807, 2.05) is 0 Å². The molecule has 16 heavy (non-hydrogen) atoms. The van der Waals surface area contributed by atoms with Gasteiger partial charge in [0.25, 0.3) is 5.92 Å². The normalized spacial score (nSPS) is 15.9. The molecule has 0 rings (SSSR count). The average Bonchev–Trinajstić information content (AvgIpc) is 2.27. The van der Waals surface area contributed by atoms with E-state index in [2.05, 4.69) is 0 Å². The molecule has 0 saturated heterocycles. The highest BCUT2D eigenvalue weighted by Gasteiger charge is 2.43. The van der Waals surface area contributed by atoms with E-state index in [4.69, 9.17) is 0 Å². The molecule has 96 valence electrons. The van der Waals surface area contributed by atoms with Crippen molar-refractivity contribution in [3.8, 4) is 0 Å². The van der Waals surface area contributed by atoms with Crippen LogP contribution in [0, 0.1) is 0 Å². The lowest BCUT2D eigenvalue weighted by atomic mass is 10.1. The summed E-state index contributed by atoms with van der Waals surface area (Å²) in [6.07, 6.45) is -5.80. The van der Waals surface area contributed by atoms with Crippen LogP contribution in [-0.4, -0.2) is 29.1 Å². The first-order valence-corrected chi connectivity index (χ1v) is 6.15. The number of carbonyl (C=O) groups is 1. The number of carbonyl (C=O) groups excluding carboxylic acids is 1. The molecule has 0 fully saturated rings. The summed E-state index contributed by atoms with van der Waals surface area (Å²) >= 11 is 0.850. The van der Waals surface area contributed by atoms with Crippen LogP contribution in [0.15, 0.2) is 0 Å². The van der Waals surface area contributed by atoms with Gasteiger partial charge in [-0.25, -0.2) is 17.6 Å². The molecule has 2 atom stereocenters. The van der Waals surface area contributed by atoms with Gasteiger partial charge in [-0.1, -0.05) is 25.6 Å². The van der Waals surface area contributed by atoms with Crippen LogP contribution in [-0.2, 0) is 4.79 Å². The molecule has 0 spiro atoms. The first-order valence-electron chi connectivity index (χ1n) is 5.16. The molecule has 0 aliphatic rings. The molecule has 0 aliphatic heterocycles. The Labute approximate surface area is 97.0 Å². The average molecular weight is 260 g/mol. The van der Waals surface area contributed by atoms with Crippen LogP contribution in [0.4, 0.5) is 17.6 Å². The van der Waals surface area contributed by atoms with Gasteiger partial charge in [-0.3, -0.25) is 4.79 Å². The fourth-order valence-electron chi connectivity index (χ4n) is 0.993. The highest BCUT2D eigenvalue weighted by molar-refractivity contribution is 8.13. The van der Waals surface area contributed by atoms with Crippen molar-refractivity contribution in [2.24, 2.45) is 0 Å². The summed E-state index contributed by atoms with van der Waals surface area (Å²) < 4.78 is 51.5. The molecule has 0 radical (unpaired) electrons. The van der Waals surface area contributed by atoms with Crippen molar-refractivity contribution in [2.45, 2.75) is 51.4 Å². The molecule has 0 N–H and O–H groups in total. The van der Waals surface area contributed by atoms with Crippen molar-refractivity contribution in [1.29, 1.82) is 0 Å². The van der Waals surface area contributed by atoms with E-state index in [0.717, 1.165) is 18.7 Å². The lowest BCUT2D eigenvalue weighted by molar-refractivity contribution is -0.110. The van der Waals surface area contributed by atoms with Gasteiger partial charge >= 0.3 is 0 Å². The first kappa shape index (κ1) is 15.7. The van der Waals surface area contributed by atoms with Gasteiger partial charge in [0.1, 0.15) is 6.17 Å². The van der Waals surface area contributed by atoms with Crippen molar-refractivity contribution in [3.63, 3.8) is 0 Å². The summed E-state index contributed by atoms with van der Waals surface area (Å²) in [4.78, 5) is 10.8. The third kappa shape index (κ3) is 5.18. The summed E-state index contributed by atoms with van der Waals surface area (Å²) in [6.45, 7) is 2.75. The Balaban J connectivity index is 3.97. The summed E-state index contributed by atoms with van der Waals surface area (Å²) in [5.41, 5.74) is 0. The van der Waals surface area contributed by atoms with Crippen LogP contribution in [0.1, 0.15) is 33.1 Å². The third-order valence-corrected chi connectivity index (χ3v) is 3.19. The minimum absolute atomic E-state index is 0.0358. The van der Waals surface area contributed by atoms with E-state index in [9.17, 15) is 22.4 Å². The number of hydrogen-bond acceptors (Lipinski definition) is 2. The quantitative estimate of drug-likeness (QED) is 0.648. The van der Waals surface area contributed by atoms with Crippen molar-refractivity contribution >= 4 is 16.9 Å². The van der Waals surface area contributed by atoms with E-state index in [1.165, 1.54) is 0 Å². The van der Waals surface area contributed by atoms with Gasteiger partial charge in [0.2, 0.25) is 0 Å². The van der Waals surface area contributed by atoms with Crippen LogP contribution < -0.4 is 0 Å². The Hall–Kier alpha value is -0.260. The van der Waals surface area contributed by atoms with E-state index in [-0.39, 0.29) is 17.3 Å². The second-order valence-electron chi connectivity index (χ2n) is 3.40. The third-order valence-electron chi connectivity index (χ3n) is 2.14. The second-order valence-corrected chi connectivity index (χ2v) is 4.55. The van der Waals surface area contributed by atoms with Gasteiger partial charge in [0, 0.05) is 18.6 Å². The monoisotopic (exact) mass is 260 g/mol. The molecule has 0 saturated carbocycles. The number of rotatable bonds is 7. The van der Waals surface area contributed by atoms with Crippen LogP contribution in [0.25, 0.3) is 0 Å². The topological polar surface area (TPSA) is 17.1 Å². The number of alkyl halides is 4. The smallest absolute Gasteiger partial charge is 0.281 e. The van der Waals surface area contributed by atoms with Crippen molar-refractivity contribution < 1.29 is 22.4 Å². The molecular weight excluding hydrogens is 244 g/mol. The molecule has 0 aromatic rings. The number of halogens is 4. The van der Waals surface area contributed by atoms with Crippen LogP contribution in [0.5, 0.6) is 0 Å². The summed E-state index contributed by atoms with van der Waals surface area (Å²) in [5, 5.41) is -0.148. The predicted octanol–water partition coefficient (Wildman–Crippen LogP) is 3.77. The minimum Gasteiger partial charge on any atom is -0.287 e. The second kappa shape index (κ2) is 7.14. The standard InChI is InChI=1S/C10H16F4OS/c1-3-8(15)16-6-5-7(11)9(12)10(13,14)4-2/h7,9H,3-6H2,1-2H3. The lowest BCUT2D eigenvalue weighted by Crippen LogP contribution is -2.37. The van der Waals surface area contributed by atoms with Gasteiger partial charge in [-0.05, 0) is 6.42 Å². The molecule has 0 amide bonds. The maximum atomic E-state index is 13.1. The van der Waals surface area contributed by atoms with Gasteiger partial charge in [0.05, 0.1) is 0 Å². The zero-order valence-corrected chi connectivity index (χ0v) is 10.1. The van der Waals surface area contributed by atoms with Crippen molar-refractivity contribution in [1.82, 2.24) is 0 Å². The van der Waals surface area contributed by atoms with Gasteiger partial charge in [0.15, 0.2) is 11.3 Å². The summed E-state index contributed by atoms with van der Waals surface area (Å²) in [5.74, 6) is -3.59. The SMILES string of the molecule is CCC(=O)SCCC(F)C(F)C(F)(F)CC. The Bertz CT molecular complexity index is 223. The molecular formula is C10H16F4OS. The fraction of sp³-hybridized carbons (Fsp3) is 0.900. The van der Waals surface area contributed by atoms with E-state index in [1.54, 1.807) is 6.92 Å². The molecule has 0 aromatic heterocycles. The fourth-order valence-corrected chi connectivity index (χ4v) is 1.77. The maximum absolute atomic E-state index is 13.1. The molecule has 2 unspecified atom stereocenters. The van der Waals surface area contributed by atoms with Crippen LogP contribution in [0.3, 0.4) is 0 Å². The zero-order valence-electron chi connectivity index (χ0n) is 9.31. The summed E-state index contributed by atoms with van der Waals surface area (Å²) in [7, 11) is 0. The van der Waals surface area contributed by atoms with Gasteiger partial charge < -0.3 is 0 Å². The molecule has 0 aliphatic carbocycles. The first-order chi connectivity index (χ1) is 7.35. The Morgan fingerprint density at radius 2 is 1.88 bits per heavy atom. The van der Waals surface area contributed by atoms with E-state index in [0.29, 0.717) is 6.42 Å². The highest BCUT2D eigenvalue weighted by Crippen LogP contribution is 2.30.